The molecule has 1 heterocycles. The fourth-order valence-electron chi connectivity index (χ4n) is 1.34. The Morgan fingerprint density at radius 1 is 1.25 bits per heavy atom. The molecule has 0 N–H and O–H groups in total. The third-order valence-corrected chi connectivity index (χ3v) is 2.08. The van der Waals surface area contributed by atoms with Crippen molar-refractivity contribution in [3.05, 3.63) is 58.5 Å². The van der Waals surface area contributed by atoms with Gasteiger partial charge in [0.05, 0.1) is 11.0 Å². The Balaban J connectivity index is 2.48. The molecule has 0 fully saturated rings. The summed E-state index contributed by atoms with van der Waals surface area (Å²) in [4.78, 5) is 13.5. The number of pyridine rings is 1. The van der Waals surface area contributed by atoms with Gasteiger partial charge in [-0.25, -0.2) is 9.37 Å². The summed E-state index contributed by atoms with van der Waals surface area (Å²) in [6, 6.07) is 9.55. The highest BCUT2D eigenvalue weighted by Gasteiger charge is 2.12. The van der Waals surface area contributed by atoms with Crippen LogP contribution in [0.1, 0.15) is 0 Å². The number of hydrogen-bond acceptors (Lipinski definition) is 3. The van der Waals surface area contributed by atoms with Crippen molar-refractivity contribution < 1.29 is 9.31 Å². The van der Waals surface area contributed by atoms with Crippen molar-refractivity contribution in [2.24, 2.45) is 0 Å². The van der Waals surface area contributed by atoms with Crippen LogP contribution in [0.2, 0.25) is 0 Å². The Hall–Kier alpha value is -2.30. The van der Waals surface area contributed by atoms with Crippen molar-refractivity contribution in [1.82, 2.24) is 4.98 Å². The number of hydrogen-bond donors (Lipinski definition) is 0. The molecule has 0 spiro atoms. The van der Waals surface area contributed by atoms with Crippen LogP contribution in [0.15, 0.2) is 42.6 Å². The third-order valence-electron chi connectivity index (χ3n) is 2.08. The summed E-state index contributed by atoms with van der Waals surface area (Å²) in [5.41, 5.74) is 0.360. The summed E-state index contributed by atoms with van der Waals surface area (Å²) in [6.07, 6.45) is 1.05. The van der Waals surface area contributed by atoms with Crippen LogP contribution in [0.25, 0.3) is 11.3 Å². The van der Waals surface area contributed by atoms with Gasteiger partial charge in [-0.15, -0.1) is 0 Å². The molecule has 0 radical (unpaired) electrons. The fraction of sp³-hybridized carbons (Fsp3) is 0. The lowest BCUT2D eigenvalue weighted by Crippen LogP contribution is -1.94. The van der Waals surface area contributed by atoms with Crippen LogP contribution in [0.5, 0.6) is 0 Å². The Kier molecular flexibility index (Phi) is 2.59. The van der Waals surface area contributed by atoms with E-state index in [-0.39, 0.29) is 11.4 Å². The van der Waals surface area contributed by atoms with Gasteiger partial charge in [0.25, 0.3) is 5.69 Å². The molecule has 0 saturated carbocycles. The van der Waals surface area contributed by atoms with Gasteiger partial charge in [-0.05, 0) is 0 Å². The molecule has 0 unspecified atom stereocenters. The average Bonchev–Trinajstić information content (AvgIpc) is 2.30. The van der Waals surface area contributed by atoms with E-state index in [0.717, 1.165) is 12.3 Å². The van der Waals surface area contributed by atoms with Gasteiger partial charge in [0, 0.05) is 5.56 Å². The minimum atomic E-state index is -0.694. The molecule has 0 atom stereocenters. The quantitative estimate of drug-likeness (QED) is 0.575. The minimum absolute atomic E-state index is 0.117. The predicted octanol–water partition coefficient (Wildman–Crippen LogP) is 2.80. The molecule has 2 rings (SSSR count). The molecule has 1 aromatic heterocycles. The predicted molar refractivity (Wildman–Crippen MR) is 56.3 cm³/mol. The highest BCUT2D eigenvalue weighted by atomic mass is 19.1. The molecule has 4 nitrogen and oxygen atoms in total. The van der Waals surface area contributed by atoms with Gasteiger partial charge in [0.2, 0.25) is 0 Å². The number of rotatable bonds is 2. The second-order valence-corrected chi connectivity index (χ2v) is 3.15. The first-order valence-corrected chi connectivity index (χ1v) is 4.54. The van der Waals surface area contributed by atoms with Crippen molar-refractivity contribution in [3.8, 4) is 11.3 Å². The molecular formula is C11H7FN2O2. The third kappa shape index (κ3) is 1.88. The average molecular weight is 218 g/mol. The van der Waals surface area contributed by atoms with Crippen LogP contribution < -0.4 is 0 Å². The largest absolute Gasteiger partial charge is 0.290 e. The zero-order chi connectivity index (χ0) is 11.5. The summed E-state index contributed by atoms with van der Waals surface area (Å²) in [7, 11) is 0. The maximum atomic E-state index is 13.5. The number of nitrogens with zero attached hydrogens (tertiary/aromatic N) is 2. The molecule has 16 heavy (non-hydrogen) atoms. The zero-order valence-corrected chi connectivity index (χ0v) is 8.13. The molecule has 5 heteroatoms. The van der Waals surface area contributed by atoms with E-state index in [9.17, 15) is 14.5 Å². The molecule has 0 aliphatic rings. The summed E-state index contributed by atoms with van der Waals surface area (Å²) in [5, 5.41) is 10.4. The van der Waals surface area contributed by atoms with Crippen molar-refractivity contribution in [3.63, 3.8) is 0 Å². The fourth-order valence-corrected chi connectivity index (χ4v) is 1.34. The zero-order valence-electron chi connectivity index (χ0n) is 8.13. The molecule has 80 valence electrons. The molecular weight excluding hydrogens is 211 g/mol. The second-order valence-electron chi connectivity index (χ2n) is 3.15. The number of halogens is 1. The number of aromatic nitrogens is 1. The van der Waals surface area contributed by atoms with E-state index < -0.39 is 10.7 Å². The van der Waals surface area contributed by atoms with Crippen molar-refractivity contribution >= 4 is 5.69 Å². The lowest BCUT2D eigenvalue weighted by Gasteiger charge is -2.01. The van der Waals surface area contributed by atoms with Gasteiger partial charge in [0.1, 0.15) is 11.9 Å². The highest BCUT2D eigenvalue weighted by molar-refractivity contribution is 5.60. The van der Waals surface area contributed by atoms with Gasteiger partial charge in [-0.1, -0.05) is 30.3 Å². The summed E-state index contributed by atoms with van der Waals surface area (Å²) < 4.78 is 13.5. The van der Waals surface area contributed by atoms with E-state index in [1.807, 2.05) is 0 Å². The SMILES string of the molecule is O=[N+]([O-])c1cnc(-c2ccccc2)c(F)c1. The Labute approximate surface area is 90.5 Å². The lowest BCUT2D eigenvalue weighted by atomic mass is 10.1. The van der Waals surface area contributed by atoms with Gasteiger partial charge in [-0.2, -0.15) is 0 Å². The molecule has 0 amide bonds. The summed E-state index contributed by atoms with van der Waals surface area (Å²) in [6.45, 7) is 0. The first-order chi connectivity index (χ1) is 7.68. The molecule has 0 saturated heterocycles. The number of benzene rings is 1. The Morgan fingerprint density at radius 2 is 1.94 bits per heavy atom. The smallest absolute Gasteiger partial charge is 0.258 e. The van der Waals surface area contributed by atoms with Gasteiger partial charge < -0.3 is 0 Å². The summed E-state index contributed by atoms with van der Waals surface area (Å²) >= 11 is 0. The van der Waals surface area contributed by atoms with Crippen molar-refractivity contribution in [2.45, 2.75) is 0 Å². The standard InChI is InChI=1S/C11H7FN2O2/c12-10-6-9(14(15)16)7-13-11(10)8-4-2-1-3-5-8/h1-7H. The van der Waals surface area contributed by atoms with Crippen LogP contribution in [0.4, 0.5) is 10.1 Å². The molecule has 1 aromatic carbocycles. The van der Waals surface area contributed by atoms with E-state index in [0.29, 0.717) is 5.56 Å². The van der Waals surface area contributed by atoms with Crippen LogP contribution in [0, 0.1) is 15.9 Å². The first-order valence-electron chi connectivity index (χ1n) is 4.54. The minimum Gasteiger partial charge on any atom is -0.258 e. The highest BCUT2D eigenvalue weighted by Crippen LogP contribution is 2.22. The topological polar surface area (TPSA) is 56.0 Å². The van der Waals surface area contributed by atoms with Gasteiger partial charge in [0.15, 0.2) is 5.82 Å². The first kappa shape index (κ1) is 10.2. The Bertz CT molecular complexity index is 529. The maximum Gasteiger partial charge on any atom is 0.290 e. The van der Waals surface area contributed by atoms with Crippen LogP contribution in [0.3, 0.4) is 0 Å². The van der Waals surface area contributed by atoms with Crippen LogP contribution >= 0.6 is 0 Å². The summed E-state index contributed by atoms with van der Waals surface area (Å²) in [5.74, 6) is -0.694. The van der Waals surface area contributed by atoms with Crippen LogP contribution in [-0.4, -0.2) is 9.91 Å². The van der Waals surface area contributed by atoms with E-state index in [1.165, 1.54) is 0 Å². The molecule has 2 aromatic rings. The van der Waals surface area contributed by atoms with Crippen molar-refractivity contribution in [2.75, 3.05) is 0 Å². The molecule has 0 aliphatic heterocycles. The molecule has 0 bridgehead atoms. The number of nitro groups is 1. The second kappa shape index (κ2) is 4.06. The Morgan fingerprint density at radius 3 is 2.50 bits per heavy atom. The van der Waals surface area contributed by atoms with E-state index in [4.69, 9.17) is 0 Å². The van der Waals surface area contributed by atoms with Gasteiger partial charge >= 0.3 is 0 Å². The van der Waals surface area contributed by atoms with E-state index in [2.05, 4.69) is 4.98 Å². The van der Waals surface area contributed by atoms with Gasteiger partial charge in [-0.3, -0.25) is 10.1 Å². The lowest BCUT2D eigenvalue weighted by molar-refractivity contribution is -0.385. The van der Waals surface area contributed by atoms with Crippen molar-refractivity contribution in [1.29, 1.82) is 0 Å². The van der Waals surface area contributed by atoms with E-state index >= 15 is 0 Å². The van der Waals surface area contributed by atoms with E-state index in [1.54, 1.807) is 30.3 Å². The maximum absolute atomic E-state index is 13.5. The molecule has 0 aliphatic carbocycles. The van der Waals surface area contributed by atoms with Crippen LogP contribution in [-0.2, 0) is 0 Å². The normalized spacial score (nSPS) is 10.1. The monoisotopic (exact) mass is 218 g/mol.